The normalized spacial score (nSPS) is 10.9. The molecule has 0 amide bonds. The molecule has 0 saturated carbocycles. The van der Waals surface area contributed by atoms with Crippen LogP contribution in [-0.4, -0.2) is 15.0 Å². The van der Waals surface area contributed by atoms with Crippen LogP contribution in [0.4, 0.5) is 5.69 Å². The molecule has 0 aliphatic carbocycles. The van der Waals surface area contributed by atoms with Gasteiger partial charge in [0.15, 0.2) is 5.11 Å². The van der Waals surface area contributed by atoms with E-state index in [-0.39, 0.29) is 5.56 Å². The highest BCUT2D eigenvalue weighted by Gasteiger charge is 2.15. The second-order valence-electron chi connectivity index (χ2n) is 7.88. The summed E-state index contributed by atoms with van der Waals surface area (Å²) in [6, 6.07) is 18.4. The van der Waals surface area contributed by atoms with E-state index in [0.717, 1.165) is 22.2 Å². The van der Waals surface area contributed by atoms with Crippen LogP contribution in [0.1, 0.15) is 27.1 Å². The predicted molar refractivity (Wildman–Crippen MR) is 135 cm³/mol. The molecule has 0 aliphatic heterocycles. The van der Waals surface area contributed by atoms with Crippen LogP contribution in [0.2, 0.25) is 0 Å². The van der Waals surface area contributed by atoms with Gasteiger partial charge in [-0.25, -0.2) is 0 Å². The number of aryl methyl sites for hydroxylation is 3. The lowest BCUT2D eigenvalue weighted by molar-refractivity contribution is 0.415. The molecule has 0 saturated heterocycles. The lowest BCUT2D eigenvalue weighted by Crippen LogP contribution is -2.35. The van der Waals surface area contributed by atoms with E-state index >= 15 is 0 Å². The molecule has 4 nitrogen and oxygen atoms in total. The van der Waals surface area contributed by atoms with Gasteiger partial charge >= 0.3 is 0 Å². The van der Waals surface area contributed by atoms with Crippen LogP contribution in [0, 0.1) is 20.8 Å². The summed E-state index contributed by atoms with van der Waals surface area (Å²) in [4.78, 5) is 19.1. The maximum Gasteiger partial charge on any atom is 0.253 e. The van der Waals surface area contributed by atoms with Crippen LogP contribution in [0.5, 0.6) is 0 Å². The molecular formula is C25H25N3OS2. The minimum absolute atomic E-state index is 0.0784. The van der Waals surface area contributed by atoms with Crippen LogP contribution in [0.3, 0.4) is 0 Å². The highest BCUT2D eigenvalue weighted by Crippen LogP contribution is 2.20. The van der Waals surface area contributed by atoms with Crippen molar-refractivity contribution in [3.05, 3.63) is 97.5 Å². The minimum Gasteiger partial charge on any atom is -0.339 e. The van der Waals surface area contributed by atoms with Gasteiger partial charge in [0.25, 0.3) is 5.56 Å². The average molecular weight is 448 g/mol. The Morgan fingerprint density at radius 2 is 1.84 bits per heavy atom. The van der Waals surface area contributed by atoms with Crippen LogP contribution in [0.15, 0.2) is 64.8 Å². The molecular weight excluding hydrogens is 422 g/mol. The Morgan fingerprint density at radius 1 is 1.03 bits per heavy atom. The van der Waals surface area contributed by atoms with Gasteiger partial charge in [0.05, 0.1) is 13.1 Å². The minimum atomic E-state index is -0.0784. The summed E-state index contributed by atoms with van der Waals surface area (Å²) in [6.45, 7) is 7.26. The average Bonchev–Trinajstić information content (AvgIpc) is 3.23. The fourth-order valence-corrected chi connectivity index (χ4v) is 4.53. The van der Waals surface area contributed by atoms with Gasteiger partial charge in [-0.05, 0) is 96.8 Å². The van der Waals surface area contributed by atoms with E-state index in [2.05, 4.69) is 60.7 Å². The van der Waals surface area contributed by atoms with E-state index in [4.69, 9.17) is 12.2 Å². The highest BCUT2D eigenvalue weighted by atomic mass is 32.1. The van der Waals surface area contributed by atoms with Crippen LogP contribution in [-0.2, 0) is 13.1 Å². The third-order valence-corrected chi connectivity index (χ3v) is 6.60. The molecule has 0 radical (unpaired) electrons. The number of hydrogen-bond donors (Lipinski definition) is 2. The third kappa shape index (κ3) is 5.03. The zero-order chi connectivity index (χ0) is 22.0. The van der Waals surface area contributed by atoms with Crippen molar-refractivity contribution in [2.24, 2.45) is 0 Å². The summed E-state index contributed by atoms with van der Waals surface area (Å²) in [5.41, 5.74) is 5.96. The Morgan fingerprint density at radius 3 is 2.58 bits per heavy atom. The summed E-state index contributed by atoms with van der Waals surface area (Å²) in [6.07, 6.45) is 0. The zero-order valence-electron chi connectivity index (χ0n) is 17.9. The number of H-pyrrole nitrogens is 1. The largest absolute Gasteiger partial charge is 0.339 e. The maximum atomic E-state index is 12.8. The van der Waals surface area contributed by atoms with Crippen molar-refractivity contribution in [3.8, 4) is 0 Å². The fourth-order valence-electron chi connectivity index (χ4n) is 3.56. The Bertz CT molecular complexity index is 1290. The van der Waals surface area contributed by atoms with Crippen molar-refractivity contribution < 1.29 is 0 Å². The first-order valence-corrected chi connectivity index (χ1v) is 11.5. The topological polar surface area (TPSA) is 48.1 Å². The fraction of sp³-hybridized carbons (Fsp3) is 0.200. The Balaban J connectivity index is 1.65. The zero-order valence-corrected chi connectivity index (χ0v) is 19.5. The Kier molecular flexibility index (Phi) is 6.20. The van der Waals surface area contributed by atoms with Gasteiger partial charge in [-0.15, -0.1) is 11.3 Å². The second-order valence-corrected chi connectivity index (χ2v) is 9.30. The first kappa shape index (κ1) is 21.3. The van der Waals surface area contributed by atoms with Gasteiger partial charge in [-0.3, -0.25) is 4.79 Å². The van der Waals surface area contributed by atoms with Gasteiger partial charge < -0.3 is 15.2 Å². The van der Waals surface area contributed by atoms with Crippen LogP contribution in [0.25, 0.3) is 10.9 Å². The Hall–Kier alpha value is -2.96. The quantitative estimate of drug-likeness (QED) is 0.373. The second kappa shape index (κ2) is 9.04. The van der Waals surface area contributed by atoms with Crippen LogP contribution < -0.4 is 10.9 Å². The van der Waals surface area contributed by atoms with E-state index in [1.54, 1.807) is 11.3 Å². The number of anilines is 1. The molecule has 158 valence electrons. The molecule has 31 heavy (non-hydrogen) atoms. The lowest BCUT2D eigenvalue weighted by atomic mass is 10.0. The highest BCUT2D eigenvalue weighted by molar-refractivity contribution is 7.80. The molecule has 4 aromatic rings. The predicted octanol–water partition coefficient (Wildman–Crippen LogP) is 5.91. The molecule has 2 heterocycles. The standard InChI is InChI=1S/C25H25N3OS2/c1-16-6-4-7-21(10-16)26-25(30)28(15-22-8-5-9-31-22)14-20-13-19-11-17(2)18(3)12-23(19)27-24(20)29/h4-13H,14-15H2,1-3H3,(H,26,30)(H,27,29). The van der Waals surface area contributed by atoms with Gasteiger partial charge in [0, 0.05) is 21.6 Å². The molecule has 2 N–H and O–H groups in total. The van der Waals surface area contributed by atoms with Crippen LogP contribution >= 0.6 is 23.6 Å². The van der Waals surface area contributed by atoms with Crippen molar-refractivity contribution in [2.75, 3.05) is 5.32 Å². The summed E-state index contributed by atoms with van der Waals surface area (Å²) >= 11 is 7.44. The Labute approximate surface area is 191 Å². The van der Waals surface area contributed by atoms with E-state index < -0.39 is 0 Å². The molecule has 0 fully saturated rings. The molecule has 2 aromatic heterocycles. The summed E-state index contributed by atoms with van der Waals surface area (Å²) in [5, 5.41) is 7.02. The number of thiophene rings is 1. The SMILES string of the molecule is Cc1cccc(NC(=S)N(Cc2cccs2)Cc2cc3cc(C)c(C)cc3[nH]c2=O)c1. The lowest BCUT2D eigenvalue weighted by Gasteiger charge is -2.25. The van der Waals surface area contributed by atoms with Gasteiger partial charge in [-0.2, -0.15) is 0 Å². The number of nitrogens with zero attached hydrogens (tertiary/aromatic N) is 1. The number of thiocarbonyl (C=S) groups is 1. The van der Waals surface area contributed by atoms with Gasteiger partial charge in [0.1, 0.15) is 0 Å². The third-order valence-electron chi connectivity index (χ3n) is 5.38. The molecule has 0 atom stereocenters. The number of hydrogen-bond acceptors (Lipinski definition) is 3. The van der Waals surface area contributed by atoms with Crippen molar-refractivity contribution in [1.82, 2.24) is 9.88 Å². The summed E-state index contributed by atoms with van der Waals surface area (Å²) < 4.78 is 0. The maximum absolute atomic E-state index is 12.8. The first-order chi connectivity index (χ1) is 14.9. The molecule has 4 rings (SSSR count). The van der Waals surface area contributed by atoms with Crippen molar-refractivity contribution in [2.45, 2.75) is 33.9 Å². The van der Waals surface area contributed by atoms with E-state index in [1.165, 1.54) is 16.0 Å². The number of fused-ring (bicyclic) bond motifs is 1. The molecule has 2 aromatic carbocycles. The van der Waals surface area contributed by atoms with Crippen molar-refractivity contribution in [1.29, 1.82) is 0 Å². The number of aromatic nitrogens is 1. The number of nitrogens with one attached hydrogen (secondary N) is 2. The van der Waals surface area contributed by atoms with E-state index in [0.29, 0.717) is 23.8 Å². The van der Waals surface area contributed by atoms with Gasteiger partial charge in [-0.1, -0.05) is 18.2 Å². The van der Waals surface area contributed by atoms with Crippen molar-refractivity contribution in [3.63, 3.8) is 0 Å². The molecule has 0 unspecified atom stereocenters. The summed E-state index contributed by atoms with van der Waals surface area (Å²) in [7, 11) is 0. The molecule has 0 bridgehead atoms. The van der Waals surface area contributed by atoms with E-state index in [1.807, 2.05) is 35.2 Å². The van der Waals surface area contributed by atoms with Crippen molar-refractivity contribution >= 4 is 45.3 Å². The number of rotatable bonds is 5. The molecule has 0 aliphatic rings. The first-order valence-electron chi connectivity index (χ1n) is 10.2. The smallest absolute Gasteiger partial charge is 0.253 e. The monoisotopic (exact) mass is 447 g/mol. The molecule has 6 heteroatoms. The number of pyridine rings is 1. The summed E-state index contributed by atoms with van der Waals surface area (Å²) in [5.74, 6) is 0. The van der Waals surface area contributed by atoms with Gasteiger partial charge in [0.2, 0.25) is 0 Å². The molecule has 0 spiro atoms. The number of aromatic amines is 1. The van der Waals surface area contributed by atoms with E-state index in [9.17, 15) is 4.79 Å². The number of benzene rings is 2.